The highest BCUT2D eigenvalue weighted by Gasteiger charge is 2.31. The topological polar surface area (TPSA) is 218 Å². The number of hydrogen-bond donors (Lipinski definition) is 5. The van der Waals surface area contributed by atoms with Gasteiger partial charge in [0.1, 0.15) is 12.1 Å². The molecule has 1 saturated heterocycles. The van der Waals surface area contributed by atoms with Crippen LogP contribution in [0.3, 0.4) is 0 Å². The van der Waals surface area contributed by atoms with E-state index in [4.69, 9.17) is 4.74 Å². The van der Waals surface area contributed by atoms with Gasteiger partial charge in [-0.15, -0.1) is 0 Å². The fraction of sp³-hybridized carbons (Fsp3) is 0.667. The van der Waals surface area contributed by atoms with Crippen molar-refractivity contribution in [3.63, 3.8) is 0 Å². The number of esters is 1. The van der Waals surface area contributed by atoms with Gasteiger partial charge in [0, 0.05) is 64.8 Å². The van der Waals surface area contributed by atoms with E-state index < -0.39 is 96.4 Å². The summed E-state index contributed by atoms with van der Waals surface area (Å²) in [6.07, 6.45) is 4.81. The number of hydrogen-bond acceptors (Lipinski definition) is 11. The second kappa shape index (κ2) is 25.0. The maximum atomic E-state index is 14.3. The summed E-state index contributed by atoms with van der Waals surface area (Å²) < 4.78 is 61.0. The van der Waals surface area contributed by atoms with Gasteiger partial charge in [0.25, 0.3) is 0 Å². The van der Waals surface area contributed by atoms with Crippen molar-refractivity contribution in [1.82, 2.24) is 24.9 Å². The number of carboxylic acid groups (broad SMARTS) is 4. The van der Waals surface area contributed by atoms with Crippen LogP contribution in [0.4, 0.5) is 17.6 Å². The van der Waals surface area contributed by atoms with E-state index in [-0.39, 0.29) is 77.8 Å². The molecule has 56 heavy (non-hydrogen) atoms. The average molecular weight is 808 g/mol. The number of benzene rings is 1. The molecule has 1 aromatic carbocycles. The highest BCUT2D eigenvalue weighted by Crippen LogP contribution is 2.27. The van der Waals surface area contributed by atoms with Gasteiger partial charge in [-0.25, -0.2) is 13.6 Å². The quantitative estimate of drug-likeness (QED) is 0.0374. The summed E-state index contributed by atoms with van der Waals surface area (Å²) in [6, 6.07) is -2.94. The third kappa shape index (κ3) is 17.6. The van der Waals surface area contributed by atoms with E-state index in [1.807, 2.05) is 0 Å². The van der Waals surface area contributed by atoms with E-state index in [1.165, 1.54) is 14.7 Å². The first-order valence-corrected chi connectivity index (χ1v) is 18.7. The predicted molar refractivity (Wildman–Crippen MR) is 191 cm³/mol. The Morgan fingerprint density at radius 1 is 0.661 bits per heavy atom. The highest BCUT2D eigenvalue weighted by atomic mass is 19.2. The standard InChI is InChI=1S/C36H53F4N5O11/c1-2-3-4-5-6-7-8-9-26(36(55)56-34-32(39)24(37)20-25(38)33(34)40)41-28(46)11-10-27(35(53)54)45-18-16-43(22-30(49)50)14-12-42(21-29(47)48)13-15-44(17-19-45)23-31(51)52/h20,26-27H,2-19,21-23H2,1H3,(H,41,46)(H,47,48)(H,49,50)(H,51,52)(H,53,54)/t26-,27?/m0/s1. The molecule has 16 nitrogen and oxygen atoms in total. The van der Waals surface area contributed by atoms with Crippen LogP contribution >= 0.6 is 0 Å². The lowest BCUT2D eigenvalue weighted by molar-refractivity contribution is -0.145. The van der Waals surface area contributed by atoms with Crippen molar-refractivity contribution in [2.45, 2.75) is 83.2 Å². The lowest BCUT2D eigenvalue weighted by Gasteiger charge is -2.35. The lowest BCUT2D eigenvalue weighted by Crippen LogP contribution is -2.52. The Balaban J connectivity index is 2.26. The molecule has 1 aliphatic rings. The summed E-state index contributed by atoms with van der Waals surface area (Å²) >= 11 is 0. The number of unbranched alkanes of at least 4 members (excludes halogenated alkanes) is 6. The van der Waals surface area contributed by atoms with Crippen molar-refractivity contribution in [2.75, 3.05) is 72.0 Å². The van der Waals surface area contributed by atoms with Gasteiger partial charge in [-0.3, -0.25) is 43.6 Å². The molecule has 1 aromatic rings. The molecule has 316 valence electrons. The van der Waals surface area contributed by atoms with Crippen molar-refractivity contribution in [2.24, 2.45) is 0 Å². The Bertz CT molecular complexity index is 1430. The summed E-state index contributed by atoms with van der Waals surface area (Å²) in [5, 5.41) is 41.0. The predicted octanol–water partition coefficient (Wildman–Crippen LogP) is 2.48. The zero-order valence-electron chi connectivity index (χ0n) is 31.5. The van der Waals surface area contributed by atoms with Crippen LogP contribution in [0, 0.1) is 23.3 Å². The van der Waals surface area contributed by atoms with Gasteiger partial charge in [-0.2, -0.15) is 8.78 Å². The molecule has 1 aliphatic heterocycles. The summed E-state index contributed by atoms with van der Waals surface area (Å²) in [6.45, 7) is 1.20. The van der Waals surface area contributed by atoms with Crippen LogP contribution in [0.25, 0.3) is 0 Å². The fourth-order valence-corrected chi connectivity index (χ4v) is 6.28. The van der Waals surface area contributed by atoms with Crippen molar-refractivity contribution in [3.05, 3.63) is 29.3 Å². The molecule has 1 unspecified atom stereocenters. The van der Waals surface area contributed by atoms with Crippen LogP contribution in [0.5, 0.6) is 5.75 Å². The Labute approximate surface area is 322 Å². The molecule has 0 aliphatic carbocycles. The largest absolute Gasteiger partial charge is 0.480 e. The molecular formula is C36H53F4N5O11. The van der Waals surface area contributed by atoms with Crippen molar-refractivity contribution in [3.8, 4) is 5.75 Å². The number of carbonyl (C=O) groups excluding carboxylic acids is 2. The minimum atomic E-state index is -1.95. The van der Waals surface area contributed by atoms with E-state index in [0.717, 1.165) is 32.1 Å². The van der Waals surface area contributed by atoms with E-state index >= 15 is 0 Å². The third-order valence-corrected chi connectivity index (χ3v) is 9.31. The normalized spacial score (nSPS) is 16.6. The monoisotopic (exact) mass is 807 g/mol. The Kier molecular flexibility index (Phi) is 21.3. The first kappa shape index (κ1) is 47.8. The fourth-order valence-electron chi connectivity index (χ4n) is 6.28. The van der Waals surface area contributed by atoms with Crippen molar-refractivity contribution >= 4 is 35.8 Å². The van der Waals surface area contributed by atoms with Gasteiger partial charge >= 0.3 is 29.8 Å². The second-order valence-corrected chi connectivity index (χ2v) is 13.7. The summed E-state index contributed by atoms with van der Waals surface area (Å²) in [4.78, 5) is 79.6. The van der Waals surface area contributed by atoms with E-state index in [9.17, 15) is 66.8 Å². The molecule has 0 aromatic heterocycles. The molecule has 1 heterocycles. The van der Waals surface area contributed by atoms with E-state index in [2.05, 4.69) is 12.2 Å². The highest BCUT2D eigenvalue weighted by molar-refractivity contribution is 5.86. The van der Waals surface area contributed by atoms with Gasteiger partial charge in [0.15, 0.2) is 11.6 Å². The SMILES string of the molecule is CCCCCCCCC[C@H](NC(=O)CCC(C(=O)O)N1CCN(CC(=O)O)CCN(CC(=O)O)CCN(CC(=O)O)CC1)C(=O)Oc1c(F)c(F)cc(F)c1F. The number of amides is 1. The van der Waals surface area contributed by atoms with Crippen LogP contribution in [-0.2, 0) is 28.8 Å². The number of nitrogens with one attached hydrogen (secondary N) is 1. The molecule has 0 radical (unpaired) electrons. The smallest absolute Gasteiger partial charge is 0.334 e. The molecule has 2 atom stereocenters. The number of carbonyl (C=O) groups is 6. The maximum Gasteiger partial charge on any atom is 0.334 e. The van der Waals surface area contributed by atoms with Crippen LogP contribution < -0.4 is 10.1 Å². The molecule has 0 spiro atoms. The molecule has 2 rings (SSSR count). The minimum Gasteiger partial charge on any atom is -0.480 e. The zero-order valence-corrected chi connectivity index (χ0v) is 31.5. The first-order chi connectivity index (χ1) is 26.5. The number of rotatable bonds is 22. The van der Waals surface area contributed by atoms with Crippen LogP contribution in [0.15, 0.2) is 6.07 Å². The Hall–Kier alpha value is -4.40. The molecule has 0 saturated carbocycles. The van der Waals surface area contributed by atoms with E-state index in [0.29, 0.717) is 12.8 Å². The van der Waals surface area contributed by atoms with Gasteiger partial charge in [0.05, 0.1) is 19.6 Å². The Morgan fingerprint density at radius 3 is 1.52 bits per heavy atom. The molecule has 5 N–H and O–H groups in total. The Morgan fingerprint density at radius 2 is 1.09 bits per heavy atom. The van der Waals surface area contributed by atoms with Crippen molar-refractivity contribution < 1.29 is 71.5 Å². The van der Waals surface area contributed by atoms with Crippen LogP contribution in [0.2, 0.25) is 0 Å². The first-order valence-electron chi connectivity index (χ1n) is 18.7. The molecule has 20 heteroatoms. The molecular weight excluding hydrogens is 754 g/mol. The second-order valence-electron chi connectivity index (χ2n) is 13.7. The number of carboxylic acids is 4. The van der Waals surface area contributed by atoms with Crippen molar-refractivity contribution in [1.29, 1.82) is 0 Å². The molecule has 0 bridgehead atoms. The number of nitrogens with zero attached hydrogens (tertiary/aromatic N) is 4. The maximum absolute atomic E-state index is 14.3. The van der Waals surface area contributed by atoms with Gasteiger partial charge in [-0.05, 0) is 12.8 Å². The summed E-state index contributed by atoms with van der Waals surface area (Å²) in [7, 11) is 0. The van der Waals surface area contributed by atoms with Gasteiger partial charge in [-0.1, -0.05) is 51.9 Å². The average Bonchev–Trinajstić information content (AvgIpc) is 3.11. The van der Waals surface area contributed by atoms with Crippen LogP contribution in [0.1, 0.15) is 71.1 Å². The number of ether oxygens (including phenoxy) is 1. The summed E-state index contributed by atoms with van der Waals surface area (Å²) in [5.41, 5.74) is 0. The van der Waals surface area contributed by atoms with Gasteiger partial charge in [0.2, 0.25) is 23.3 Å². The van der Waals surface area contributed by atoms with Gasteiger partial charge < -0.3 is 30.5 Å². The lowest BCUT2D eigenvalue weighted by atomic mass is 10.0. The number of aliphatic carboxylic acids is 4. The number of halogens is 4. The minimum absolute atomic E-state index is 0.0161. The molecule has 1 amide bonds. The third-order valence-electron chi connectivity index (χ3n) is 9.31. The molecule has 1 fully saturated rings. The zero-order chi connectivity index (χ0) is 41.8. The van der Waals surface area contributed by atoms with Crippen LogP contribution in [-0.4, -0.2) is 160 Å². The van der Waals surface area contributed by atoms with E-state index in [1.54, 1.807) is 4.90 Å². The summed E-state index contributed by atoms with van der Waals surface area (Å²) in [5.74, 6) is -16.2.